The maximum Gasteiger partial charge on any atom is 0.274 e. The first-order valence-corrected chi connectivity index (χ1v) is 6.46. The third-order valence-electron chi connectivity index (χ3n) is 2.77. The Balaban J connectivity index is 1.66. The van der Waals surface area contributed by atoms with Gasteiger partial charge in [-0.2, -0.15) is 0 Å². The third-order valence-corrected chi connectivity index (χ3v) is 3.58. The van der Waals surface area contributed by atoms with Crippen molar-refractivity contribution >= 4 is 27.5 Å². The van der Waals surface area contributed by atoms with E-state index in [0.717, 1.165) is 10.2 Å². The smallest absolute Gasteiger partial charge is 0.273 e. The van der Waals surface area contributed by atoms with Crippen molar-refractivity contribution in [2.45, 2.75) is 12.8 Å². The van der Waals surface area contributed by atoms with Crippen LogP contribution in [0.15, 0.2) is 23.7 Å². The van der Waals surface area contributed by atoms with E-state index < -0.39 is 0 Å². The number of hydrogen-bond acceptors (Lipinski definition) is 4. The van der Waals surface area contributed by atoms with Crippen molar-refractivity contribution in [2.75, 3.05) is 6.61 Å². The second-order valence-electron chi connectivity index (χ2n) is 4.22. The van der Waals surface area contributed by atoms with Crippen molar-refractivity contribution in [1.29, 1.82) is 0 Å². The van der Waals surface area contributed by atoms with Gasteiger partial charge in [0, 0.05) is 5.56 Å². The van der Waals surface area contributed by atoms with Crippen LogP contribution in [0.2, 0.25) is 0 Å². The molecule has 0 spiro atoms. The molecule has 1 fully saturated rings. The maximum absolute atomic E-state index is 11.8. The molecular formula is C12H12N2O2S. The first kappa shape index (κ1) is 10.7. The number of benzene rings is 1. The quantitative estimate of drug-likeness (QED) is 0.845. The molecule has 1 aliphatic carbocycles. The zero-order valence-electron chi connectivity index (χ0n) is 9.18. The standard InChI is InChI=1S/C12H12N2O2S/c15-12(14-16-6-8-1-2-8)9-3-4-11-10(5-9)13-7-17-11/h3-5,7-8H,1-2,6H2,(H,14,15). The lowest BCUT2D eigenvalue weighted by Crippen LogP contribution is -2.24. The molecule has 17 heavy (non-hydrogen) atoms. The molecule has 1 aromatic heterocycles. The molecule has 1 N–H and O–H groups in total. The lowest BCUT2D eigenvalue weighted by molar-refractivity contribution is 0.0270. The van der Waals surface area contributed by atoms with E-state index in [-0.39, 0.29) is 5.91 Å². The van der Waals surface area contributed by atoms with Crippen molar-refractivity contribution in [3.05, 3.63) is 29.3 Å². The van der Waals surface area contributed by atoms with E-state index in [1.54, 1.807) is 29.0 Å². The SMILES string of the molecule is O=C(NOCC1CC1)c1ccc2scnc2c1. The Kier molecular flexibility index (Phi) is 2.78. The minimum atomic E-state index is -0.208. The molecule has 4 nitrogen and oxygen atoms in total. The van der Waals surface area contributed by atoms with Crippen LogP contribution in [0, 0.1) is 5.92 Å². The number of carbonyl (C=O) groups excluding carboxylic acids is 1. The molecule has 0 unspecified atom stereocenters. The van der Waals surface area contributed by atoms with Crippen molar-refractivity contribution in [3.8, 4) is 0 Å². The number of hydroxylamine groups is 1. The fourth-order valence-electron chi connectivity index (χ4n) is 1.57. The number of hydrogen-bond donors (Lipinski definition) is 1. The molecule has 1 aliphatic rings. The molecule has 0 aliphatic heterocycles. The van der Waals surface area contributed by atoms with Crippen LogP contribution >= 0.6 is 11.3 Å². The number of nitrogens with zero attached hydrogens (tertiary/aromatic N) is 1. The Morgan fingerprint density at radius 1 is 1.53 bits per heavy atom. The number of carbonyl (C=O) groups is 1. The van der Waals surface area contributed by atoms with Gasteiger partial charge in [-0.1, -0.05) is 0 Å². The minimum absolute atomic E-state index is 0.208. The highest BCUT2D eigenvalue weighted by molar-refractivity contribution is 7.16. The van der Waals surface area contributed by atoms with E-state index >= 15 is 0 Å². The predicted octanol–water partition coefficient (Wildman–Crippen LogP) is 2.37. The Bertz CT molecular complexity index is 548. The van der Waals surface area contributed by atoms with E-state index in [1.165, 1.54) is 12.8 Å². The third kappa shape index (κ3) is 2.45. The van der Waals surface area contributed by atoms with E-state index in [0.29, 0.717) is 18.1 Å². The van der Waals surface area contributed by atoms with Gasteiger partial charge in [0.25, 0.3) is 5.91 Å². The molecule has 0 radical (unpaired) electrons. The highest BCUT2D eigenvalue weighted by Gasteiger charge is 2.21. The lowest BCUT2D eigenvalue weighted by Gasteiger charge is -2.04. The number of amides is 1. The van der Waals surface area contributed by atoms with E-state index in [9.17, 15) is 4.79 Å². The number of fused-ring (bicyclic) bond motifs is 1. The van der Waals surface area contributed by atoms with Gasteiger partial charge >= 0.3 is 0 Å². The van der Waals surface area contributed by atoms with Gasteiger partial charge in [0.1, 0.15) is 0 Å². The fourth-order valence-corrected chi connectivity index (χ4v) is 2.23. The van der Waals surface area contributed by atoms with Crippen molar-refractivity contribution in [1.82, 2.24) is 10.5 Å². The van der Waals surface area contributed by atoms with Gasteiger partial charge in [-0.25, -0.2) is 10.5 Å². The van der Waals surface area contributed by atoms with Crippen LogP contribution in [-0.2, 0) is 4.84 Å². The van der Waals surface area contributed by atoms with Crippen LogP contribution in [0.3, 0.4) is 0 Å². The van der Waals surface area contributed by atoms with Crippen molar-refractivity contribution in [2.24, 2.45) is 5.92 Å². The monoisotopic (exact) mass is 248 g/mol. The molecule has 1 amide bonds. The van der Waals surface area contributed by atoms with Gasteiger partial charge in [0.15, 0.2) is 0 Å². The molecule has 0 saturated heterocycles. The normalized spacial score (nSPS) is 15.1. The van der Waals surface area contributed by atoms with Crippen LogP contribution in [0.1, 0.15) is 23.2 Å². The average molecular weight is 248 g/mol. The van der Waals surface area contributed by atoms with E-state index in [2.05, 4.69) is 10.5 Å². The van der Waals surface area contributed by atoms with E-state index in [1.807, 2.05) is 6.07 Å². The summed E-state index contributed by atoms with van der Waals surface area (Å²) in [4.78, 5) is 21.1. The van der Waals surface area contributed by atoms with Crippen LogP contribution in [-0.4, -0.2) is 17.5 Å². The fraction of sp³-hybridized carbons (Fsp3) is 0.333. The van der Waals surface area contributed by atoms with Crippen LogP contribution in [0.4, 0.5) is 0 Å². The number of thiazole rings is 1. The summed E-state index contributed by atoms with van der Waals surface area (Å²) in [6.07, 6.45) is 2.42. The van der Waals surface area contributed by atoms with Gasteiger partial charge in [0.05, 0.1) is 22.3 Å². The van der Waals surface area contributed by atoms with E-state index in [4.69, 9.17) is 4.84 Å². The molecule has 5 heteroatoms. The number of nitrogens with one attached hydrogen (secondary N) is 1. The summed E-state index contributed by atoms with van der Waals surface area (Å²) in [5.74, 6) is 0.428. The Labute approximate surface area is 103 Å². The molecule has 0 atom stereocenters. The largest absolute Gasteiger partial charge is 0.274 e. The summed E-state index contributed by atoms with van der Waals surface area (Å²) < 4.78 is 1.08. The predicted molar refractivity (Wildman–Crippen MR) is 65.8 cm³/mol. The Morgan fingerprint density at radius 3 is 3.24 bits per heavy atom. The zero-order chi connectivity index (χ0) is 11.7. The average Bonchev–Trinajstić information content (AvgIpc) is 3.04. The van der Waals surface area contributed by atoms with Gasteiger partial charge < -0.3 is 0 Å². The Hall–Kier alpha value is -1.46. The number of rotatable bonds is 4. The second-order valence-corrected chi connectivity index (χ2v) is 5.11. The van der Waals surface area contributed by atoms with Crippen molar-refractivity contribution < 1.29 is 9.63 Å². The number of aromatic nitrogens is 1. The summed E-state index contributed by atoms with van der Waals surface area (Å²) in [5, 5.41) is 0. The molecule has 1 saturated carbocycles. The molecule has 0 bridgehead atoms. The maximum atomic E-state index is 11.8. The molecule has 3 rings (SSSR count). The van der Waals surface area contributed by atoms with Gasteiger partial charge in [-0.15, -0.1) is 11.3 Å². The highest BCUT2D eigenvalue weighted by Crippen LogP contribution is 2.28. The minimum Gasteiger partial charge on any atom is -0.273 e. The Morgan fingerprint density at radius 2 is 2.41 bits per heavy atom. The first-order valence-electron chi connectivity index (χ1n) is 5.58. The van der Waals surface area contributed by atoms with Gasteiger partial charge in [-0.05, 0) is 37.0 Å². The highest BCUT2D eigenvalue weighted by atomic mass is 32.1. The lowest BCUT2D eigenvalue weighted by atomic mass is 10.2. The zero-order valence-corrected chi connectivity index (χ0v) is 10.00. The van der Waals surface area contributed by atoms with Crippen LogP contribution < -0.4 is 5.48 Å². The van der Waals surface area contributed by atoms with Gasteiger partial charge in [0.2, 0.25) is 0 Å². The molecular weight excluding hydrogens is 236 g/mol. The van der Waals surface area contributed by atoms with Crippen LogP contribution in [0.5, 0.6) is 0 Å². The molecule has 88 valence electrons. The molecule has 1 heterocycles. The van der Waals surface area contributed by atoms with Gasteiger partial charge in [-0.3, -0.25) is 9.63 Å². The summed E-state index contributed by atoms with van der Waals surface area (Å²) >= 11 is 1.56. The summed E-state index contributed by atoms with van der Waals surface area (Å²) in [5.41, 5.74) is 5.67. The first-order chi connectivity index (χ1) is 8.33. The van der Waals surface area contributed by atoms with Crippen molar-refractivity contribution in [3.63, 3.8) is 0 Å². The summed E-state index contributed by atoms with van der Waals surface area (Å²) in [6, 6.07) is 5.47. The second kappa shape index (κ2) is 4.43. The van der Waals surface area contributed by atoms with Crippen LogP contribution in [0.25, 0.3) is 10.2 Å². The topological polar surface area (TPSA) is 51.2 Å². The molecule has 2 aromatic rings. The summed E-state index contributed by atoms with van der Waals surface area (Å²) in [6.45, 7) is 0.616. The summed E-state index contributed by atoms with van der Waals surface area (Å²) in [7, 11) is 0. The molecule has 1 aromatic carbocycles.